The molecule has 0 saturated carbocycles. The topological polar surface area (TPSA) is 42.1 Å². The van der Waals surface area contributed by atoms with E-state index in [4.69, 9.17) is 5.73 Å². The van der Waals surface area contributed by atoms with Gasteiger partial charge in [0.2, 0.25) is 0 Å². The largest absolute Gasteiger partial charge is 0.326 e. The molecule has 1 aromatic rings. The Kier molecular flexibility index (Phi) is 4.42. The zero-order valence-electron chi connectivity index (χ0n) is 10.5. The monoisotopic (exact) mass is 251 g/mol. The fourth-order valence-electron chi connectivity index (χ4n) is 2.47. The van der Waals surface area contributed by atoms with E-state index < -0.39 is 0 Å². The van der Waals surface area contributed by atoms with E-state index in [1.807, 2.05) is 30.1 Å². The van der Waals surface area contributed by atoms with E-state index in [-0.39, 0.29) is 12.1 Å². The lowest BCUT2D eigenvalue weighted by Crippen LogP contribution is -2.43. The molecule has 1 aliphatic heterocycles. The van der Waals surface area contributed by atoms with Crippen LogP contribution >= 0.6 is 11.8 Å². The molecule has 1 saturated heterocycles. The average molecular weight is 251 g/mol. The molecule has 0 spiro atoms. The van der Waals surface area contributed by atoms with Gasteiger partial charge in [0.25, 0.3) is 0 Å². The van der Waals surface area contributed by atoms with Crippen LogP contribution in [0.15, 0.2) is 24.4 Å². The number of aromatic nitrogens is 1. The van der Waals surface area contributed by atoms with Crippen LogP contribution < -0.4 is 5.73 Å². The lowest BCUT2D eigenvalue weighted by Gasteiger charge is -2.34. The van der Waals surface area contributed by atoms with Crippen molar-refractivity contribution in [2.24, 2.45) is 5.73 Å². The van der Waals surface area contributed by atoms with Crippen molar-refractivity contribution in [1.29, 1.82) is 0 Å². The molecule has 4 heteroatoms. The van der Waals surface area contributed by atoms with Crippen molar-refractivity contribution in [2.45, 2.75) is 31.5 Å². The minimum Gasteiger partial charge on any atom is -0.326 e. The molecule has 3 unspecified atom stereocenters. The summed E-state index contributed by atoms with van der Waals surface area (Å²) >= 11 is 2.03. The van der Waals surface area contributed by atoms with Crippen molar-refractivity contribution in [3.63, 3.8) is 0 Å². The number of hydrogen-bond acceptors (Lipinski definition) is 4. The van der Waals surface area contributed by atoms with Crippen molar-refractivity contribution in [3.8, 4) is 0 Å². The maximum atomic E-state index is 6.15. The van der Waals surface area contributed by atoms with Gasteiger partial charge in [0.1, 0.15) is 0 Å². The molecule has 0 aromatic carbocycles. The molecule has 0 aliphatic carbocycles. The molecule has 2 heterocycles. The smallest absolute Gasteiger partial charge is 0.0671 e. The first kappa shape index (κ1) is 12.9. The molecule has 2 N–H and O–H groups in total. The lowest BCUT2D eigenvalue weighted by molar-refractivity contribution is 0.165. The fraction of sp³-hybridized carbons (Fsp3) is 0.615. The van der Waals surface area contributed by atoms with E-state index in [9.17, 15) is 0 Å². The van der Waals surface area contributed by atoms with E-state index in [1.165, 1.54) is 17.9 Å². The molecule has 1 aromatic heterocycles. The lowest BCUT2D eigenvalue weighted by atomic mass is 10.0. The third-order valence-corrected chi connectivity index (χ3v) is 4.55. The summed E-state index contributed by atoms with van der Waals surface area (Å²) < 4.78 is 0. The van der Waals surface area contributed by atoms with Gasteiger partial charge in [-0.2, -0.15) is 11.8 Å². The van der Waals surface area contributed by atoms with Crippen LogP contribution in [0.4, 0.5) is 0 Å². The van der Waals surface area contributed by atoms with Crippen LogP contribution in [0, 0.1) is 0 Å². The standard InChI is InChI=1S/C13H21N3S/c1-10(14)13(12-5-3-4-7-15-12)16(2)11-6-8-17-9-11/h3-5,7,10-11,13H,6,8-9,14H2,1-2H3. The van der Waals surface area contributed by atoms with Gasteiger partial charge in [0.05, 0.1) is 11.7 Å². The van der Waals surface area contributed by atoms with Gasteiger partial charge in [-0.15, -0.1) is 0 Å². The molecule has 0 radical (unpaired) electrons. The Bertz CT molecular complexity index is 336. The minimum atomic E-state index is 0.0977. The summed E-state index contributed by atoms with van der Waals surface area (Å²) in [7, 11) is 2.18. The summed E-state index contributed by atoms with van der Waals surface area (Å²) in [6.45, 7) is 2.07. The second-order valence-electron chi connectivity index (χ2n) is 4.74. The van der Waals surface area contributed by atoms with Crippen molar-refractivity contribution in [1.82, 2.24) is 9.88 Å². The van der Waals surface area contributed by atoms with Gasteiger partial charge in [-0.05, 0) is 38.3 Å². The van der Waals surface area contributed by atoms with Gasteiger partial charge in [0, 0.05) is 24.0 Å². The van der Waals surface area contributed by atoms with E-state index in [2.05, 4.69) is 29.9 Å². The highest BCUT2D eigenvalue weighted by Crippen LogP contribution is 2.29. The van der Waals surface area contributed by atoms with Gasteiger partial charge in [0.15, 0.2) is 0 Å². The number of likely N-dealkylation sites (N-methyl/N-ethyl adjacent to an activating group) is 1. The van der Waals surface area contributed by atoms with Gasteiger partial charge in [-0.25, -0.2) is 0 Å². The number of nitrogens with zero attached hydrogens (tertiary/aromatic N) is 2. The van der Waals surface area contributed by atoms with Crippen LogP contribution in [0.3, 0.4) is 0 Å². The Labute approximate surface area is 108 Å². The van der Waals surface area contributed by atoms with Crippen LogP contribution in [0.2, 0.25) is 0 Å². The average Bonchev–Trinajstić information content (AvgIpc) is 2.83. The van der Waals surface area contributed by atoms with Crippen LogP contribution in [0.5, 0.6) is 0 Å². The summed E-state index contributed by atoms with van der Waals surface area (Å²) in [5.74, 6) is 2.48. The number of hydrogen-bond donors (Lipinski definition) is 1. The SMILES string of the molecule is CC(N)C(c1ccccn1)N(C)C1CCSC1. The second-order valence-corrected chi connectivity index (χ2v) is 5.89. The Balaban J connectivity index is 2.17. The van der Waals surface area contributed by atoms with Crippen LogP contribution in [-0.4, -0.2) is 40.5 Å². The molecule has 94 valence electrons. The van der Waals surface area contributed by atoms with E-state index in [0.29, 0.717) is 6.04 Å². The first-order valence-corrected chi connectivity index (χ1v) is 7.32. The minimum absolute atomic E-state index is 0.0977. The highest BCUT2D eigenvalue weighted by atomic mass is 32.2. The van der Waals surface area contributed by atoms with Crippen molar-refractivity contribution >= 4 is 11.8 Å². The molecule has 2 rings (SSSR count). The summed E-state index contributed by atoms with van der Waals surface area (Å²) in [6, 6.07) is 7.02. The number of nitrogens with two attached hydrogens (primary N) is 1. The molecule has 0 amide bonds. The zero-order chi connectivity index (χ0) is 12.3. The van der Waals surface area contributed by atoms with Crippen LogP contribution in [-0.2, 0) is 0 Å². The predicted octanol–water partition coefficient (Wildman–Crippen LogP) is 1.91. The number of pyridine rings is 1. The summed E-state index contributed by atoms with van der Waals surface area (Å²) in [6.07, 6.45) is 3.11. The summed E-state index contributed by atoms with van der Waals surface area (Å²) in [5, 5.41) is 0. The molecule has 0 bridgehead atoms. The molecule has 17 heavy (non-hydrogen) atoms. The zero-order valence-corrected chi connectivity index (χ0v) is 11.4. The normalized spacial score (nSPS) is 23.9. The quantitative estimate of drug-likeness (QED) is 0.887. The number of thioether (sulfide) groups is 1. The third-order valence-electron chi connectivity index (χ3n) is 3.41. The highest BCUT2D eigenvalue weighted by Gasteiger charge is 2.29. The molecule has 3 nitrogen and oxygen atoms in total. The molecular formula is C13H21N3S. The molecule has 3 atom stereocenters. The van der Waals surface area contributed by atoms with E-state index in [1.54, 1.807) is 0 Å². The van der Waals surface area contributed by atoms with E-state index in [0.717, 1.165) is 5.69 Å². The van der Waals surface area contributed by atoms with E-state index >= 15 is 0 Å². The van der Waals surface area contributed by atoms with Crippen LogP contribution in [0.25, 0.3) is 0 Å². The van der Waals surface area contributed by atoms with Crippen molar-refractivity contribution in [2.75, 3.05) is 18.6 Å². The van der Waals surface area contributed by atoms with Crippen molar-refractivity contribution < 1.29 is 0 Å². The van der Waals surface area contributed by atoms with Gasteiger partial charge < -0.3 is 5.73 Å². The molecule has 1 fully saturated rings. The fourth-order valence-corrected chi connectivity index (χ4v) is 3.75. The Morgan fingerprint density at radius 2 is 2.35 bits per heavy atom. The van der Waals surface area contributed by atoms with Gasteiger partial charge in [-0.3, -0.25) is 9.88 Å². The first-order valence-electron chi connectivity index (χ1n) is 6.16. The maximum absolute atomic E-state index is 6.15. The number of rotatable bonds is 4. The Morgan fingerprint density at radius 3 is 2.88 bits per heavy atom. The van der Waals surface area contributed by atoms with Gasteiger partial charge in [-0.1, -0.05) is 6.07 Å². The second kappa shape index (κ2) is 5.85. The Hall–Kier alpha value is -0.580. The summed E-state index contributed by atoms with van der Waals surface area (Å²) in [4.78, 5) is 6.87. The third kappa shape index (κ3) is 3.00. The van der Waals surface area contributed by atoms with Gasteiger partial charge >= 0.3 is 0 Å². The maximum Gasteiger partial charge on any atom is 0.0671 e. The molecule has 1 aliphatic rings. The van der Waals surface area contributed by atoms with Crippen LogP contribution in [0.1, 0.15) is 25.1 Å². The Morgan fingerprint density at radius 1 is 1.53 bits per heavy atom. The molecular weight excluding hydrogens is 230 g/mol. The van der Waals surface area contributed by atoms with Crippen molar-refractivity contribution in [3.05, 3.63) is 30.1 Å². The highest BCUT2D eigenvalue weighted by molar-refractivity contribution is 7.99. The predicted molar refractivity (Wildman–Crippen MR) is 74.1 cm³/mol. The first-order chi connectivity index (χ1) is 8.20. The summed E-state index contributed by atoms with van der Waals surface area (Å²) in [5.41, 5.74) is 7.23.